The second-order valence-corrected chi connectivity index (χ2v) is 7.91. The first-order valence-corrected chi connectivity index (χ1v) is 9.76. The van der Waals surface area contributed by atoms with Crippen LogP contribution in [0.4, 0.5) is 11.4 Å². The molecule has 0 saturated heterocycles. The minimum absolute atomic E-state index is 0.0115. The van der Waals surface area contributed by atoms with Crippen molar-refractivity contribution in [1.82, 2.24) is 5.32 Å². The Balaban J connectivity index is 1.96. The molecule has 0 aliphatic rings. The molecule has 2 rings (SSSR count). The van der Waals surface area contributed by atoms with Crippen LogP contribution in [0.15, 0.2) is 36.4 Å². The van der Waals surface area contributed by atoms with Gasteiger partial charge in [0, 0.05) is 16.9 Å². The van der Waals surface area contributed by atoms with Gasteiger partial charge in [-0.15, -0.1) is 0 Å². The Morgan fingerprint density at radius 1 is 1.07 bits per heavy atom. The van der Waals surface area contributed by atoms with Gasteiger partial charge in [0.15, 0.2) is 0 Å². The third-order valence-electron chi connectivity index (χ3n) is 4.38. The number of nitriles is 1. The van der Waals surface area contributed by atoms with E-state index in [1.165, 1.54) is 12.1 Å². The van der Waals surface area contributed by atoms with E-state index >= 15 is 0 Å². The van der Waals surface area contributed by atoms with E-state index < -0.39 is 0 Å². The molecule has 8 heteroatoms. The van der Waals surface area contributed by atoms with Crippen molar-refractivity contribution in [2.75, 3.05) is 17.2 Å². The molecule has 152 valence electrons. The second kappa shape index (κ2) is 9.64. The molecule has 0 aromatic heterocycles. The maximum Gasteiger partial charge on any atom is 0.253 e. The summed E-state index contributed by atoms with van der Waals surface area (Å²) < 4.78 is 0. The predicted molar refractivity (Wildman–Crippen MR) is 117 cm³/mol. The summed E-state index contributed by atoms with van der Waals surface area (Å²) in [6.07, 6.45) is 0.787. The average Bonchev–Trinajstić information content (AvgIpc) is 2.66. The van der Waals surface area contributed by atoms with E-state index in [0.29, 0.717) is 27.5 Å². The summed E-state index contributed by atoms with van der Waals surface area (Å²) >= 11 is 12.2. The zero-order valence-electron chi connectivity index (χ0n) is 16.4. The third-order valence-corrected chi connectivity index (χ3v) is 5.00. The van der Waals surface area contributed by atoms with Crippen LogP contribution in [0.5, 0.6) is 0 Å². The molecule has 0 radical (unpaired) electrons. The highest BCUT2D eigenvalue weighted by Gasteiger charge is 2.20. The molecule has 2 aromatic rings. The lowest BCUT2D eigenvalue weighted by Gasteiger charge is -2.24. The van der Waals surface area contributed by atoms with Crippen LogP contribution >= 0.6 is 23.2 Å². The number of carbonyl (C=O) groups excluding carboxylic acids is 2. The first-order valence-electron chi connectivity index (χ1n) is 9.00. The number of nitrogens with one attached hydrogen (secondary N) is 3. The van der Waals surface area contributed by atoms with Gasteiger partial charge in [-0.1, -0.05) is 30.1 Å². The zero-order chi connectivity index (χ0) is 21.6. The largest absolute Gasteiger partial charge is 0.376 e. The highest BCUT2D eigenvalue weighted by molar-refractivity contribution is 6.34. The molecule has 3 N–H and O–H groups in total. The molecule has 0 aliphatic carbocycles. The summed E-state index contributed by atoms with van der Waals surface area (Å²) in [7, 11) is 0. The molecule has 0 heterocycles. The summed E-state index contributed by atoms with van der Waals surface area (Å²) in [6, 6.07) is 11.5. The zero-order valence-corrected chi connectivity index (χ0v) is 17.9. The Kier molecular flexibility index (Phi) is 7.49. The molecule has 0 atom stereocenters. The van der Waals surface area contributed by atoms with Crippen molar-refractivity contribution in [1.29, 1.82) is 5.26 Å². The summed E-state index contributed by atoms with van der Waals surface area (Å²) in [6.45, 7) is 5.86. The first-order chi connectivity index (χ1) is 13.6. The highest BCUT2D eigenvalue weighted by Crippen LogP contribution is 2.23. The van der Waals surface area contributed by atoms with Crippen LogP contribution < -0.4 is 16.0 Å². The van der Waals surface area contributed by atoms with Crippen molar-refractivity contribution < 1.29 is 9.59 Å². The minimum Gasteiger partial charge on any atom is -0.376 e. The van der Waals surface area contributed by atoms with Gasteiger partial charge < -0.3 is 16.0 Å². The van der Waals surface area contributed by atoms with Crippen LogP contribution in [0.1, 0.15) is 43.1 Å². The number of anilines is 2. The molecule has 2 aromatic carbocycles. The molecule has 29 heavy (non-hydrogen) atoms. The highest BCUT2D eigenvalue weighted by atomic mass is 35.5. The molecule has 2 amide bonds. The van der Waals surface area contributed by atoms with Gasteiger partial charge in [0.2, 0.25) is 5.91 Å². The molecule has 0 saturated carbocycles. The van der Waals surface area contributed by atoms with Crippen LogP contribution in [0.25, 0.3) is 0 Å². The lowest BCUT2D eigenvalue weighted by atomic mass is 10.0. The van der Waals surface area contributed by atoms with E-state index in [9.17, 15) is 9.59 Å². The maximum absolute atomic E-state index is 12.4. The summed E-state index contributed by atoms with van der Waals surface area (Å²) in [5, 5.41) is 18.0. The van der Waals surface area contributed by atoms with Crippen molar-refractivity contribution in [3.63, 3.8) is 0 Å². The Morgan fingerprint density at radius 3 is 2.31 bits per heavy atom. The third kappa shape index (κ3) is 6.38. The van der Waals surface area contributed by atoms with E-state index in [1.54, 1.807) is 24.3 Å². The van der Waals surface area contributed by atoms with Gasteiger partial charge in [-0.05, 0) is 56.7 Å². The van der Waals surface area contributed by atoms with Crippen LogP contribution in [0.3, 0.4) is 0 Å². The Labute approximate surface area is 180 Å². The Hall–Kier alpha value is -2.75. The van der Waals surface area contributed by atoms with Gasteiger partial charge >= 0.3 is 0 Å². The van der Waals surface area contributed by atoms with Gasteiger partial charge in [-0.2, -0.15) is 5.26 Å². The fraction of sp³-hybridized carbons (Fsp3) is 0.286. The predicted octanol–water partition coefficient (Wildman–Crippen LogP) is 4.83. The summed E-state index contributed by atoms with van der Waals surface area (Å²) in [5.41, 5.74) is 1.47. The van der Waals surface area contributed by atoms with E-state index in [2.05, 4.69) is 16.0 Å². The molecule has 0 fully saturated rings. The van der Waals surface area contributed by atoms with Gasteiger partial charge in [0.25, 0.3) is 5.91 Å². The first kappa shape index (κ1) is 22.5. The normalized spacial score (nSPS) is 10.8. The number of benzene rings is 2. The van der Waals surface area contributed by atoms with Crippen molar-refractivity contribution in [2.45, 2.75) is 32.7 Å². The van der Waals surface area contributed by atoms with Gasteiger partial charge in [-0.3, -0.25) is 9.59 Å². The lowest BCUT2D eigenvalue weighted by molar-refractivity contribution is -0.114. The number of rotatable bonds is 7. The molecule has 6 nitrogen and oxygen atoms in total. The fourth-order valence-electron chi connectivity index (χ4n) is 2.34. The Bertz CT molecular complexity index is 968. The second-order valence-electron chi connectivity index (χ2n) is 7.09. The minimum atomic E-state index is -0.330. The molecule has 0 spiro atoms. The fourth-order valence-corrected chi connectivity index (χ4v) is 2.83. The Morgan fingerprint density at radius 2 is 1.72 bits per heavy atom. The van der Waals surface area contributed by atoms with E-state index in [-0.39, 0.29) is 28.9 Å². The molecule has 0 bridgehead atoms. The number of carbonyl (C=O) groups is 2. The van der Waals surface area contributed by atoms with Crippen molar-refractivity contribution in [2.24, 2.45) is 0 Å². The van der Waals surface area contributed by atoms with E-state index in [0.717, 1.165) is 6.42 Å². The van der Waals surface area contributed by atoms with Crippen LogP contribution in [-0.4, -0.2) is 23.9 Å². The van der Waals surface area contributed by atoms with Crippen LogP contribution in [0.2, 0.25) is 10.0 Å². The number of nitrogens with zero attached hydrogens (tertiary/aromatic N) is 1. The number of amides is 2. The van der Waals surface area contributed by atoms with Crippen LogP contribution in [0, 0.1) is 11.3 Å². The monoisotopic (exact) mass is 432 g/mol. The standard InChI is InChI=1S/C21H22Cl2N4O2/c1-4-21(2,3)27-20(29)16-8-7-14(9-18(16)23)25-12-19(28)26-15-6-5-13(11-24)17(22)10-15/h5-10,25H,4,12H2,1-3H3,(H,26,28)(H,27,29). The molecular weight excluding hydrogens is 411 g/mol. The van der Waals surface area contributed by atoms with Crippen molar-refractivity contribution in [3.05, 3.63) is 57.6 Å². The lowest BCUT2D eigenvalue weighted by Crippen LogP contribution is -2.42. The summed E-state index contributed by atoms with van der Waals surface area (Å²) in [5.74, 6) is -0.544. The van der Waals surface area contributed by atoms with Gasteiger partial charge in [-0.25, -0.2) is 0 Å². The van der Waals surface area contributed by atoms with E-state index in [4.69, 9.17) is 28.5 Å². The average molecular weight is 433 g/mol. The smallest absolute Gasteiger partial charge is 0.253 e. The quantitative estimate of drug-likeness (QED) is 0.583. The SMILES string of the molecule is CCC(C)(C)NC(=O)c1ccc(NCC(=O)Nc2ccc(C#N)c(Cl)c2)cc1Cl. The number of hydrogen-bond acceptors (Lipinski definition) is 4. The number of halogens is 2. The van der Waals surface area contributed by atoms with Crippen LogP contribution in [-0.2, 0) is 4.79 Å². The van der Waals surface area contributed by atoms with Crippen molar-refractivity contribution in [3.8, 4) is 6.07 Å². The van der Waals surface area contributed by atoms with E-state index in [1.807, 2.05) is 26.8 Å². The summed E-state index contributed by atoms with van der Waals surface area (Å²) in [4.78, 5) is 24.5. The molecule has 0 aliphatic heterocycles. The van der Waals surface area contributed by atoms with Gasteiger partial charge in [0.1, 0.15) is 6.07 Å². The molecular formula is C21H22Cl2N4O2. The van der Waals surface area contributed by atoms with Crippen molar-refractivity contribution >= 4 is 46.4 Å². The maximum atomic E-state index is 12.4. The molecule has 0 unspecified atom stereocenters. The van der Waals surface area contributed by atoms with Gasteiger partial charge in [0.05, 0.1) is 27.7 Å². The topological polar surface area (TPSA) is 94.0 Å². The number of hydrogen-bond donors (Lipinski definition) is 3.